The van der Waals surface area contributed by atoms with E-state index in [-0.39, 0.29) is 11.9 Å². The van der Waals surface area contributed by atoms with E-state index in [2.05, 4.69) is 16.7 Å². The Labute approximate surface area is 140 Å². The summed E-state index contributed by atoms with van der Waals surface area (Å²) < 4.78 is 0. The minimum absolute atomic E-state index is 0.179. The second kappa shape index (κ2) is 7.79. The number of rotatable bonds is 5. The fourth-order valence-corrected chi connectivity index (χ4v) is 2.17. The molecule has 1 atom stereocenters. The third-order valence-corrected chi connectivity index (χ3v) is 3.57. The topological polar surface area (TPSA) is 108 Å². The van der Waals surface area contributed by atoms with E-state index in [0.717, 1.165) is 11.1 Å². The Bertz CT molecular complexity index is 761. The number of carbonyl (C=O) groups excluding carboxylic acids is 2. The van der Waals surface area contributed by atoms with E-state index in [0.29, 0.717) is 17.7 Å². The fourth-order valence-electron chi connectivity index (χ4n) is 2.17. The number of benzene rings is 2. The first-order valence-electron chi connectivity index (χ1n) is 7.43. The molecule has 0 aromatic heterocycles. The van der Waals surface area contributed by atoms with Crippen LogP contribution < -0.4 is 16.4 Å². The summed E-state index contributed by atoms with van der Waals surface area (Å²) in [7, 11) is 0. The molecule has 1 unspecified atom stereocenters. The standard InChI is InChI=1S/C18H18N4O2/c1-12(15-6-2-13(10-19)3-7-15)22-17(23)16-8-4-14(5-9-16)11-21-18(20)24/h2-9,12H,11H2,1H3,(H,22,23)(H3,20,21,24). The van der Waals surface area contributed by atoms with Crippen LogP contribution in [0.4, 0.5) is 4.79 Å². The van der Waals surface area contributed by atoms with Crippen LogP contribution in [-0.4, -0.2) is 11.9 Å². The minimum Gasteiger partial charge on any atom is -0.352 e. The van der Waals surface area contributed by atoms with Gasteiger partial charge in [-0.25, -0.2) is 4.79 Å². The van der Waals surface area contributed by atoms with Crippen molar-refractivity contribution in [1.29, 1.82) is 5.26 Å². The SMILES string of the molecule is CC(NC(=O)c1ccc(CNC(N)=O)cc1)c1ccc(C#N)cc1. The van der Waals surface area contributed by atoms with Crippen molar-refractivity contribution in [2.24, 2.45) is 5.73 Å². The molecule has 6 nitrogen and oxygen atoms in total. The lowest BCUT2D eigenvalue weighted by Gasteiger charge is -2.14. The van der Waals surface area contributed by atoms with Gasteiger partial charge in [-0.05, 0) is 42.3 Å². The molecule has 0 saturated heterocycles. The second-order valence-electron chi connectivity index (χ2n) is 5.34. The molecule has 0 heterocycles. The van der Waals surface area contributed by atoms with Crippen LogP contribution in [0.5, 0.6) is 0 Å². The number of carbonyl (C=O) groups is 2. The molecule has 2 rings (SSSR count). The third kappa shape index (κ3) is 4.58. The van der Waals surface area contributed by atoms with Gasteiger partial charge in [-0.2, -0.15) is 5.26 Å². The highest BCUT2D eigenvalue weighted by Gasteiger charge is 2.11. The van der Waals surface area contributed by atoms with Crippen LogP contribution in [-0.2, 0) is 6.54 Å². The first kappa shape index (κ1) is 17.0. The van der Waals surface area contributed by atoms with Crippen molar-refractivity contribution in [3.8, 4) is 6.07 Å². The van der Waals surface area contributed by atoms with Crippen LogP contribution in [0.25, 0.3) is 0 Å². The highest BCUT2D eigenvalue weighted by molar-refractivity contribution is 5.94. The predicted molar refractivity (Wildman–Crippen MR) is 89.9 cm³/mol. The molecule has 2 aromatic carbocycles. The second-order valence-corrected chi connectivity index (χ2v) is 5.34. The number of urea groups is 1. The van der Waals surface area contributed by atoms with Crippen molar-refractivity contribution in [2.75, 3.05) is 0 Å². The number of nitrogens with zero attached hydrogens (tertiary/aromatic N) is 1. The van der Waals surface area contributed by atoms with Crippen LogP contribution in [0.15, 0.2) is 48.5 Å². The third-order valence-electron chi connectivity index (χ3n) is 3.57. The van der Waals surface area contributed by atoms with Gasteiger partial charge in [0.15, 0.2) is 0 Å². The highest BCUT2D eigenvalue weighted by Crippen LogP contribution is 2.14. The maximum absolute atomic E-state index is 12.3. The summed E-state index contributed by atoms with van der Waals surface area (Å²) in [5.41, 5.74) is 7.90. The Morgan fingerprint density at radius 2 is 1.75 bits per heavy atom. The van der Waals surface area contributed by atoms with Gasteiger partial charge in [-0.15, -0.1) is 0 Å². The van der Waals surface area contributed by atoms with Crippen LogP contribution >= 0.6 is 0 Å². The number of hydrogen-bond acceptors (Lipinski definition) is 3. The summed E-state index contributed by atoms with van der Waals surface area (Å²) in [6.45, 7) is 2.20. The van der Waals surface area contributed by atoms with Gasteiger partial charge in [0.1, 0.15) is 0 Å². The zero-order chi connectivity index (χ0) is 17.5. The van der Waals surface area contributed by atoms with Crippen molar-refractivity contribution >= 4 is 11.9 Å². The molecule has 0 bridgehead atoms. The van der Waals surface area contributed by atoms with Crippen LogP contribution in [0, 0.1) is 11.3 Å². The molecule has 0 aliphatic carbocycles. The van der Waals surface area contributed by atoms with E-state index < -0.39 is 6.03 Å². The van der Waals surface area contributed by atoms with E-state index in [4.69, 9.17) is 11.0 Å². The lowest BCUT2D eigenvalue weighted by atomic mass is 10.1. The summed E-state index contributed by atoms with van der Waals surface area (Å²) >= 11 is 0. The first-order valence-corrected chi connectivity index (χ1v) is 7.43. The number of nitrogens with two attached hydrogens (primary N) is 1. The number of amides is 3. The molecule has 6 heteroatoms. The molecule has 24 heavy (non-hydrogen) atoms. The summed E-state index contributed by atoms with van der Waals surface area (Å²) in [5.74, 6) is -0.193. The van der Waals surface area contributed by atoms with Crippen molar-refractivity contribution in [3.63, 3.8) is 0 Å². The van der Waals surface area contributed by atoms with Crippen molar-refractivity contribution in [2.45, 2.75) is 19.5 Å². The first-order chi connectivity index (χ1) is 11.5. The summed E-state index contributed by atoms with van der Waals surface area (Å²) in [5, 5.41) is 14.2. The van der Waals surface area contributed by atoms with E-state index in [9.17, 15) is 9.59 Å². The normalized spacial score (nSPS) is 11.2. The van der Waals surface area contributed by atoms with Gasteiger partial charge >= 0.3 is 6.03 Å². The summed E-state index contributed by atoms with van der Waals surface area (Å²) in [6, 6.07) is 15.3. The Hall–Kier alpha value is -3.33. The average Bonchev–Trinajstić information content (AvgIpc) is 2.60. The Kier molecular flexibility index (Phi) is 5.53. The molecule has 0 saturated carbocycles. The van der Waals surface area contributed by atoms with Crippen molar-refractivity contribution in [1.82, 2.24) is 10.6 Å². The average molecular weight is 322 g/mol. The number of nitriles is 1. The highest BCUT2D eigenvalue weighted by atomic mass is 16.2. The quantitative estimate of drug-likeness (QED) is 0.785. The Morgan fingerprint density at radius 1 is 1.12 bits per heavy atom. The van der Waals surface area contributed by atoms with Gasteiger partial charge in [0.2, 0.25) is 0 Å². The monoisotopic (exact) mass is 322 g/mol. The summed E-state index contributed by atoms with van der Waals surface area (Å²) in [4.78, 5) is 22.9. The van der Waals surface area contributed by atoms with Gasteiger partial charge in [-0.3, -0.25) is 4.79 Å². The zero-order valence-corrected chi connectivity index (χ0v) is 13.2. The van der Waals surface area contributed by atoms with Gasteiger partial charge in [0.25, 0.3) is 5.91 Å². The summed E-state index contributed by atoms with van der Waals surface area (Å²) in [6.07, 6.45) is 0. The van der Waals surface area contributed by atoms with Crippen LogP contribution in [0.3, 0.4) is 0 Å². The molecule has 2 aromatic rings. The van der Waals surface area contributed by atoms with Crippen molar-refractivity contribution in [3.05, 3.63) is 70.8 Å². The molecule has 3 amide bonds. The Morgan fingerprint density at radius 3 is 2.29 bits per heavy atom. The molecule has 4 N–H and O–H groups in total. The Balaban J connectivity index is 1.98. The molecule has 0 aliphatic rings. The van der Waals surface area contributed by atoms with E-state index in [1.165, 1.54) is 0 Å². The lowest BCUT2D eigenvalue weighted by molar-refractivity contribution is 0.0940. The smallest absolute Gasteiger partial charge is 0.312 e. The molecule has 122 valence electrons. The molecular formula is C18H18N4O2. The fraction of sp³-hybridized carbons (Fsp3) is 0.167. The van der Waals surface area contributed by atoms with Gasteiger partial charge in [-0.1, -0.05) is 24.3 Å². The predicted octanol–water partition coefficient (Wildman–Crippen LogP) is 2.22. The van der Waals surface area contributed by atoms with E-state index >= 15 is 0 Å². The minimum atomic E-state index is -0.590. The van der Waals surface area contributed by atoms with E-state index in [1.807, 2.05) is 19.1 Å². The zero-order valence-electron chi connectivity index (χ0n) is 13.2. The largest absolute Gasteiger partial charge is 0.352 e. The van der Waals surface area contributed by atoms with E-state index in [1.54, 1.807) is 36.4 Å². The number of hydrogen-bond donors (Lipinski definition) is 3. The maximum Gasteiger partial charge on any atom is 0.312 e. The number of nitrogens with one attached hydrogen (secondary N) is 2. The molecule has 0 spiro atoms. The number of primary amides is 1. The maximum atomic E-state index is 12.3. The molecular weight excluding hydrogens is 304 g/mol. The van der Waals surface area contributed by atoms with Crippen molar-refractivity contribution < 1.29 is 9.59 Å². The van der Waals surface area contributed by atoms with Gasteiger partial charge in [0, 0.05) is 12.1 Å². The van der Waals surface area contributed by atoms with Crippen LogP contribution in [0.2, 0.25) is 0 Å². The molecule has 0 radical (unpaired) electrons. The molecule has 0 aliphatic heterocycles. The lowest BCUT2D eigenvalue weighted by Crippen LogP contribution is -2.28. The molecule has 0 fully saturated rings. The van der Waals surface area contributed by atoms with Crippen LogP contribution in [0.1, 0.15) is 40.0 Å². The van der Waals surface area contributed by atoms with Gasteiger partial charge < -0.3 is 16.4 Å². The van der Waals surface area contributed by atoms with Gasteiger partial charge in [0.05, 0.1) is 17.7 Å².